The Hall–Kier alpha value is -1.56. The minimum Gasteiger partial charge on any atom is -0.479 e. The first-order valence-electron chi connectivity index (χ1n) is 4.49. The van der Waals surface area contributed by atoms with E-state index in [9.17, 15) is 9.59 Å². The zero-order valence-electron chi connectivity index (χ0n) is 8.64. The molecule has 0 heterocycles. The van der Waals surface area contributed by atoms with Gasteiger partial charge in [-0.3, -0.25) is 0 Å². The van der Waals surface area contributed by atoms with E-state index >= 15 is 0 Å². The van der Waals surface area contributed by atoms with E-state index in [1.54, 1.807) is 13.1 Å². The summed E-state index contributed by atoms with van der Waals surface area (Å²) in [6.45, 7) is 4.00. The van der Waals surface area contributed by atoms with E-state index in [-0.39, 0.29) is 19.0 Å². The van der Waals surface area contributed by atoms with Crippen LogP contribution >= 0.6 is 0 Å². The first-order valence-corrected chi connectivity index (χ1v) is 4.49. The van der Waals surface area contributed by atoms with Gasteiger partial charge in [0.25, 0.3) is 0 Å². The SMILES string of the molecule is C=CCN(C)C(=O)NCCC(O)C(=O)O. The molecule has 0 radical (unpaired) electrons. The van der Waals surface area contributed by atoms with Crippen LogP contribution in [0.1, 0.15) is 6.42 Å². The van der Waals surface area contributed by atoms with Crippen molar-refractivity contribution < 1.29 is 19.8 Å². The molecule has 86 valence electrons. The van der Waals surface area contributed by atoms with E-state index in [0.29, 0.717) is 6.54 Å². The summed E-state index contributed by atoms with van der Waals surface area (Å²) in [5.74, 6) is -1.29. The average Bonchev–Trinajstić information content (AvgIpc) is 2.17. The zero-order valence-corrected chi connectivity index (χ0v) is 8.64. The standard InChI is InChI=1S/C9H16N2O4/c1-3-6-11(2)9(15)10-5-4-7(12)8(13)14/h3,7,12H,1,4-6H2,2H3,(H,10,15)(H,13,14). The quantitative estimate of drug-likeness (QED) is 0.529. The van der Waals surface area contributed by atoms with Crippen LogP contribution in [-0.2, 0) is 4.79 Å². The fourth-order valence-electron chi connectivity index (χ4n) is 0.851. The second kappa shape index (κ2) is 6.83. The second-order valence-corrected chi connectivity index (χ2v) is 3.04. The molecule has 6 nitrogen and oxygen atoms in total. The number of aliphatic hydroxyl groups excluding tert-OH is 1. The van der Waals surface area contributed by atoms with Crippen LogP contribution in [0.3, 0.4) is 0 Å². The topological polar surface area (TPSA) is 89.9 Å². The summed E-state index contributed by atoms with van der Waals surface area (Å²) in [5, 5.41) is 19.7. The summed E-state index contributed by atoms with van der Waals surface area (Å²) in [6.07, 6.45) is 0.129. The summed E-state index contributed by atoms with van der Waals surface area (Å²) >= 11 is 0. The van der Waals surface area contributed by atoms with E-state index < -0.39 is 12.1 Å². The molecule has 0 rings (SSSR count). The van der Waals surface area contributed by atoms with E-state index in [4.69, 9.17) is 10.2 Å². The number of carbonyl (C=O) groups is 2. The van der Waals surface area contributed by atoms with Crippen LogP contribution in [0.2, 0.25) is 0 Å². The third-order valence-electron chi connectivity index (χ3n) is 1.73. The van der Waals surface area contributed by atoms with Gasteiger partial charge in [0.1, 0.15) is 0 Å². The lowest BCUT2D eigenvalue weighted by atomic mass is 10.2. The Morgan fingerprint density at radius 3 is 2.67 bits per heavy atom. The molecule has 0 aliphatic rings. The van der Waals surface area contributed by atoms with Crippen LogP contribution in [0.5, 0.6) is 0 Å². The summed E-state index contributed by atoms with van der Waals surface area (Å²) in [4.78, 5) is 22.8. The van der Waals surface area contributed by atoms with Crippen molar-refractivity contribution in [3.05, 3.63) is 12.7 Å². The lowest BCUT2D eigenvalue weighted by molar-refractivity contribution is -0.146. The van der Waals surface area contributed by atoms with E-state index in [2.05, 4.69) is 11.9 Å². The molecular formula is C9H16N2O4. The van der Waals surface area contributed by atoms with Crippen LogP contribution in [0.15, 0.2) is 12.7 Å². The molecule has 0 bridgehead atoms. The van der Waals surface area contributed by atoms with Crippen molar-refractivity contribution in [3.8, 4) is 0 Å². The Bertz CT molecular complexity index is 242. The van der Waals surface area contributed by atoms with Crippen molar-refractivity contribution >= 4 is 12.0 Å². The summed E-state index contributed by atoms with van der Waals surface area (Å²) in [7, 11) is 1.59. The van der Waals surface area contributed by atoms with Gasteiger partial charge in [0, 0.05) is 26.6 Å². The van der Waals surface area contributed by atoms with Gasteiger partial charge in [-0.05, 0) is 0 Å². The van der Waals surface area contributed by atoms with Crippen molar-refractivity contribution in [2.45, 2.75) is 12.5 Å². The minimum atomic E-state index is -1.44. The molecule has 6 heteroatoms. The molecule has 0 saturated carbocycles. The van der Waals surface area contributed by atoms with Crippen LogP contribution < -0.4 is 5.32 Å². The number of carbonyl (C=O) groups excluding carboxylic acids is 1. The monoisotopic (exact) mass is 216 g/mol. The Morgan fingerprint density at radius 1 is 1.60 bits per heavy atom. The molecule has 2 amide bonds. The van der Waals surface area contributed by atoms with Gasteiger partial charge in [0.05, 0.1) is 0 Å². The molecule has 0 aromatic heterocycles. The highest BCUT2D eigenvalue weighted by molar-refractivity contribution is 5.74. The maximum absolute atomic E-state index is 11.2. The Kier molecular flexibility index (Phi) is 6.12. The number of carboxylic acid groups (broad SMARTS) is 1. The van der Waals surface area contributed by atoms with Gasteiger partial charge in [-0.1, -0.05) is 6.08 Å². The smallest absolute Gasteiger partial charge is 0.332 e. The molecule has 1 atom stereocenters. The molecule has 0 aromatic carbocycles. The Morgan fingerprint density at radius 2 is 2.20 bits per heavy atom. The zero-order chi connectivity index (χ0) is 11.8. The molecule has 0 aromatic rings. The first-order chi connectivity index (χ1) is 6.99. The molecular weight excluding hydrogens is 200 g/mol. The van der Waals surface area contributed by atoms with E-state index in [1.807, 2.05) is 0 Å². The summed E-state index contributed by atoms with van der Waals surface area (Å²) in [6, 6.07) is -0.326. The van der Waals surface area contributed by atoms with Crippen molar-refractivity contribution in [2.75, 3.05) is 20.1 Å². The molecule has 3 N–H and O–H groups in total. The number of rotatable bonds is 6. The number of aliphatic hydroxyl groups is 1. The normalized spacial score (nSPS) is 11.6. The number of amides is 2. The highest BCUT2D eigenvalue weighted by Crippen LogP contribution is 1.90. The Labute approximate surface area is 88.2 Å². The van der Waals surface area contributed by atoms with Gasteiger partial charge in [-0.2, -0.15) is 0 Å². The van der Waals surface area contributed by atoms with E-state index in [1.165, 1.54) is 4.90 Å². The lowest BCUT2D eigenvalue weighted by Gasteiger charge is -2.16. The average molecular weight is 216 g/mol. The number of aliphatic carboxylic acids is 1. The van der Waals surface area contributed by atoms with Gasteiger partial charge >= 0.3 is 12.0 Å². The van der Waals surface area contributed by atoms with Crippen LogP contribution in [0.25, 0.3) is 0 Å². The number of carboxylic acids is 1. The number of urea groups is 1. The van der Waals surface area contributed by atoms with Crippen LogP contribution in [-0.4, -0.2) is 53.4 Å². The molecule has 1 unspecified atom stereocenters. The molecule has 0 spiro atoms. The number of likely N-dealkylation sites (N-methyl/N-ethyl adjacent to an activating group) is 1. The third-order valence-corrected chi connectivity index (χ3v) is 1.73. The highest BCUT2D eigenvalue weighted by atomic mass is 16.4. The fraction of sp³-hybridized carbons (Fsp3) is 0.556. The fourth-order valence-corrected chi connectivity index (χ4v) is 0.851. The molecule has 0 saturated heterocycles. The number of hydrogen-bond acceptors (Lipinski definition) is 3. The third kappa shape index (κ3) is 5.69. The number of hydrogen-bond donors (Lipinski definition) is 3. The minimum absolute atomic E-state index is 0.0109. The van der Waals surface area contributed by atoms with E-state index in [0.717, 1.165) is 0 Å². The maximum Gasteiger partial charge on any atom is 0.332 e. The largest absolute Gasteiger partial charge is 0.479 e. The molecule has 0 fully saturated rings. The van der Waals surface area contributed by atoms with Gasteiger partial charge in [-0.25, -0.2) is 9.59 Å². The molecule has 15 heavy (non-hydrogen) atoms. The van der Waals surface area contributed by atoms with Gasteiger partial charge in [-0.15, -0.1) is 6.58 Å². The summed E-state index contributed by atoms with van der Waals surface area (Å²) < 4.78 is 0. The second-order valence-electron chi connectivity index (χ2n) is 3.04. The van der Waals surface area contributed by atoms with Crippen LogP contribution in [0.4, 0.5) is 4.79 Å². The van der Waals surface area contributed by atoms with Crippen molar-refractivity contribution in [3.63, 3.8) is 0 Å². The number of nitrogens with one attached hydrogen (secondary N) is 1. The predicted octanol–water partition coefficient (Wildman–Crippen LogP) is -0.351. The number of nitrogens with zero attached hydrogens (tertiary/aromatic N) is 1. The molecule has 0 aliphatic carbocycles. The molecule has 0 aliphatic heterocycles. The summed E-state index contributed by atoms with van der Waals surface area (Å²) in [5.41, 5.74) is 0. The van der Waals surface area contributed by atoms with Crippen molar-refractivity contribution in [2.24, 2.45) is 0 Å². The maximum atomic E-state index is 11.2. The highest BCUT2D eigenvalue weighted by Gasteiger charge is 2.13. The van der Waals surface area contributed by atoms with Gasteiger partial charge < -0.3 is 20.4 Å². The predicted molar refractivity (Wildman–Crippen MR) is 54.5 cm³/mol. The first kappa shape index (κ1) is 13.4. The van der Waals surface area contributed by atoms with Crippen molar-refractivity contribution in [1.82, 2.24) is 10.2 Å². The van der Waals surface area contributed by atoms with Crippen LogP contribution in [0, 0.1) is 0 Å². The van der Waals surface area contributed by atoms with Gasteiger partial charge in [0.15, 0.2) is 6.10 Å². The van der Waals surface area contributed by atoms with Gasteiger partial charge in [0.2, 0.25) is 0 Å². The lowest BCUT2D eigenvalue weighted by Crippen LogP contribution is -2.39. The van der Waals surface area contributed by atoms with Crippen molar-refractivity contribution in [1.29, 1.82) is 0 Å². The Balaban J connectivity index is 3.72.